The highest BCUT2D eigenvalue weighted by Crippen LogP contribution is 2.60. The fraction of sp³-hybridized carbons (Fsp3) is 0.0909. The molecule has 0 N–H and O–H groups in total. The quantitative estimate of drug-likeness (QED) is 0.106. The Hall–Kier alpha value is -11.9. The second-order valence-corrected chi connectivity index (χ2v) is 31.0. The second kappa shape index (κ2) is 25.9. The monoisotopic (exact) mass is 1350 g/mol. The van der Waals surface area contributed by atoms with Crippen molar-refractivity contribution in [3.8, 4) is 55.6 Å². The van der Waals surface area contributed by atoms with E-state index >= 15 is 0 Å². The molecule has 18 rings (SSSR count). The Morgan fingerprint density at radius 3 is 1.24 bits per heavy atom. The van der Waals surface area contributed by atoms with Crippen LogP contribution in [0.25, 0.3) is 55.6 Å². The van der Waals surface area contributed by atoms with Gasteiger partial charge in [0.25, 0.3) is 0 Å². The number of fused-ring (bicyclic) bond motifs is 8. The van der Waals surface area contributed by atoms with Crippen molar-refractivity contribution in [2.24, 2.45) is 0 Å². The molecule has 0 saturated heterocycles. The Labute approximate surface area is 617 Å². The van der Waals surface area contributed by atoms with Gasteiger partial charge in [0.2, 0.25) is 6.71 Å². The Bertz CT molecular complexity index is 5600. The van der Waals surface area contributed by atoms with Gasteiger partial charge in [-0.2, -0.15) is 0 Å². The van der Waals surface area contributed by atoms with Crippen molar-refractivity contribution in [3.05, 3.63) is 397 Å². The molecule has 104 heavy (non-hydrogen) atoms. The highest BCUT2D eigenvalue weighted by atomic mass is 32.2. The van der Waals surface area contributed by atoms with Crippen LogP contribution < -0.4 is 31.1 Å². The van der Waals surface area contributed by atoms with E-state index in [-0.39, 0.29) is 17.5 Å². The van der Waals surface area contributed by atoms with E-state index in [0.717, 1.165) is 84.6 Å². The molecule has 0 fully saturated rings. The predicted molar refractivity (Wildman–Crippen MR) is 442 cm³/mol. The minimum absolute atomic E-state index is 0.0496. The lowest BCUT2D eigenvalue weighted by Crippen LogP contribution is -2.60. The molecule has 2 heterocycles. The third-order valence-electron chi connectivity index (χ3n) is 21.7. The van der Waals surface area contributed by atoms with Crippen molar-refractivity contribution in [1.82, 2.24) is 0 Å². The third kappa shape index (κ3) is 11.0. The first kappa shape index (κ1) is 64.2. The summed E-state index contributed by atoms with van der Waals surface area (Å²) < 4.78 is 0. The first-order chi connectivity index (χ1) is 50.9. The molecule has 498 valence electrons. The van der Waals surface area contributed by atoms with Crippen LogP contribution >= 0.6 is 11.8 Å². The molecule has 3 aliphatic rings. The van der Waals surface area contributed by atoms with Gasteiger partial charge < -0.3 is 14.7 Å². The lowest BCUT2D eigenvalue weighted by molar-refractivity contribution is 0.590. The number of nitrogens with zero attached hydrogens (tertiary/aromatic N) is 3. The minimum Gasteiger partial charge on any atom is -0.310 e. The number of para-hydroxylation sites is 3. The van der Waals surface area contributed by atoms with Gasteiger partial charge in [-0.05, 0) is 167 Å². The molecular weight excluding hydrogens is 1270 g/mol. The van der Waals surface area contributed by atoms with Gasteiger partial charge in [0.05, 0.1) is 11.1 Å². The van der Waals surface area contributed by atoms with Crippen LogP contribution in [0.5, 0.6) is 0 Å². The Morgan fingerprint density at radius 1 is 0.308 bits per heavy atom. The first-order valence-corrected chi connectivity index (χ1v) is 37.2. The normalized spacial score (nSPS) is 13.1. The van der Waals surface area contributed by atoms with E-state index in [1.54, 1.807) is 0 Å². The van der Waals surface area contributed by atoms with Gasteiger partial charge in [0, 0.05) is 72.0 Å². The molecule has 0 unspecified atom stereocenters. The fourth-order valence-electron chi connectivity index (χ4n) is 16.7. The van der Waals surface area contributed by atoms with Crippen molar-refractivity contribution in [1.29, 1.82) is 0 Å². The fourth-order valence-corrected chi connectivity index (χ4v) is 18.1. The maximum Gasteiger partial charge on any atom is 0.249 e. The van der Waals surface area contributed by atoms with E-state index in [4.69, 9.17) is 0 Å². The van der Waals surface area contributed by atoms with E-state index in [1.165, 1.54) is 81.8 Å². The molecule has 0 saturated carbocycles. The van der Waals surface area contributed by atoms with Gasteiger partial charge in [-0.3, -0.25) is 0 Å². The van der Waals surface area contributed by atoms with Crippen molar-refractivity contribution < 1.29 is 0 Å². The van der Waals surface area contributed by atoms with Crippen molar-refractivity contribution >= 4 is 86.0 Å². The number of hydrogen-bond acceptors (Lipinski definition) is 4. The van der Waals surface area contributed by atoms with Crippen LogP contribution in [-0.2, 0) is 16.2 Å². The number of benzene rings is 15. The maximum absolute atomic E-state index is 2.70. The summed E-state index contributed by atoms with van der Waals surface area (Å²) >= 11 is 1.95. The van der Waals surface area contributed by atoms with Crippen molar-refractivity contribution in [2.45, 2.75) is 67.6 Å². The number of anilines is 9. The molecule has 0 aromatic heterocycles. The summed E-state index contributed by atoms with van der Waals surface area (Å²) in [6, 6.07) is 137. The smallest absolute Gasteiger partial charge is 0.249 e. The van der Waals surface area contributed by atoms with Gasteiger partial charge in [-0.15, -0.1) is 0 Å². The van der Waals surface area contributed by atoms with E-state index in [1.807, 2.05) is 11.8 Å². The summed E-state index contributed by atoms with van der Waals surface area (Å²) in [6.07, 6.45) is 0. The average Bonchev–Trinajstić information content (AvgIpc) is 1.46. The highest BCUT2D eigenvalue weighted by molar-refractivity contribution is 8.00. The molecule has 2 aliphatic heterocycles. The highest BCUT2D eigenvalue weighted by Gasteiger charge is 2.50. The standard InChI is InChI=1S/C99H78BN3S/c1-97(2,3)73-54-50-69(51-55-73)83-47-29-48-84(70-52-56-74(57-53-70)98(4,5)6)95(83)103-90-64-81(101(77-40-21-11-22-41-77)79-44-27-34-71(62-79)67-30-13-7-14-31-67)58-60-88(90)100-89-61-59-87-93(85-46-25-26-49-86(85)99(87,75-36-17-9-18-37-75)76-38-19-10-20-39-76)96(89)104-92-66-82(65-91(103)94(92)100)102(78-42-23-12-24-43-78)80-45-28-35-72(63-80)68-32-15-8-16-33-68/h7-66H,1-6H3. The topological polar surface area (TPSA) is 9.72 Å². The third-order valence-corrected chi connectivity index (χ3v) is 22.9. The predicted octanol–water partition coefficient (Wildman–Crippen LogP) is 25.0. The zero-order valence-electron chi connectivity index (χ0n) is 59.5. The van der Waals surface area contributed by atoms with Crippen LogP contribution in [0.15, 0.2) is 374 Å². The first-order valence-electron chi connectivity index (χ1n) is 36.4. The Morgan fingerprint density at radius 2 is 0.721 bits per heavy atom. The molecule has 0 atom stereocenters. The summed E-state index contributed by atoms with van der Waals surface area (Å²) in [4.78, 5) is 10.2. The van der Waals surface area contributed by atoms with Gasteiger partial charge >= 0.3 is 0 Å². The SMILES string of the molecule is CC(C)(C)c1ccc(-c2cccc(-c3ccc(C(C)(C)C)cc3)c2N2c3cc(N(c4ccccc4)c4cccc(-c5ccccc5)c4)ccc3B3c4ccc5c(c4Sc4cc(N(c6ccccc6)c6cccc(-c7ccccc7)c6)cc2c43)-c2ccccc2C5(c2ccccc2)c2ccccc2)cc1. The summed E-state index contributed by atoms with van der Waals surface area (Å²) in [6.45, 7) is 13.6. The van der Waals surface area contributed by atoms with E-state index < -0.39 is 5.41 Å². The van der Waals surface area contributed by atoms with Gasteiger partial charge in [0.15, 0.2) is 0 Å². The minimum atomic E-state index is -0.601. The molecule has 3 nitrogen and oxygen atoms in total. The van der Waals surface area contributed by atoms with E-state index in [2.05, 4.69) is 420 Å². The molecule has 1 aliphatic carbocycles. The number of hydrogen-bond donors (Lipinski definition) is 0. The van der Waals surface area contributed by atoms with Crippen LogP contribution in [0.4, 0.5) is 51.2 Å². The van der Waals surface area contributed by atoms with Crippen molar-refractivity contribution in [3.63, 3.8) is 0 Å². The van der Waals surface area contributed by atoms with E-state index in [0.29, 0.717) is 0 Å². The lowest BCUT2D eigenvalue weighted by atomic mass is 9.34. The Balaban J connectivity index is 0.978. The van der Waals surface area contributed by atoms with Crippen LogP contribution in [0.2, 0.25) is 0 Å². The van der Waals surface area contributed by atoms with Gasteiger partial charge in [0.1, 0.15) is 0 Å². The van der Waals surface area contributed by atoms with Crippen LogP contribution in [0.3, 0.4) is 0 Å². The molecule has 0 radical (unpaired) electrons. The molecule has 15 aromatic rings. The largest absolute Gasteiger partial charge is 0.310 e. The summed E-state index contributed by atoms with van der Waals surface area (Å²) in [5.41, 5.74) is 32.2. The van der Waals surface area contributed by atoms with Crippen molar-refractivity contribution in [2.75, 3.05) is 14.7 Å². The van der Waals surface area contributed by atoms with E-state index in [9.17, 15) is 0 Å². The van der Waals surface area contributed by atoms with Crippen LogP contribution in [0, 0.1) is 0 Å². The van der Waals surface area contributed by atoms with Gasteiger partial charge in [-0.25, -0.2) is 0 Å². The molecule has 15 aromatic carbocycles. The maximum atomic E-state index is 2.70. The van der Waals surface area contributed by atoms with Gasteiger partial charge in [-0.1, -0.05) is 350 Å². The molecule has 5 heteroatoms. The van der Waals surface area contributed by atoms with Crippen LogP contribution in [0.1, 0.15) is 74.9 Å². The molecular formula is C99H78BN3S. The number of rotatable bonds is 13. The molecule has 0 bridgehead atoms. The zero-order chi connectivity index (χ0) is 70.3. The summed E-state index contributed by atoms with van der Waals surface area (Å²) in [5, 5.41) is 0. The summed E-state index contributed by atoms with van der Waals surface area (Å²) in [5.74, 6) is 0. The summed E-state index contributed by atoms with van der Waals surface area (Å²) in [7, 11) is 0. The molecule has 0 spiro atoms. The van der Waals surface area contributed by atoms with Crippen LogP contribution in [-0.4, -0.2) is 6.71 Å². The second-order valence-electron chi connectivity index (χ2n) is 30.0. The molecule has 0 amide bonds. The lowest BCUT2D eigenvalue weighted by Gasteiger charge is -2.43. The Kier molecular flexibility index (Phi) is 16.0. The average molecular weight is 1350 g/mol. The zero-order valence-corrected chi connectivity index (χ0v) is 60.3.